The lowest BCUT2D eigenvalue weighted by Gasteiger charge is -2.06. The van der Waals surface area contributed by atoms with E-state index in [1.165, 1.54) is 24.9 Å². The van der Waals surface area contributed by atoms with Gasteiger partial charge in [0.15, 0.2) is 5.03 Å². The van der Waals surface area contributed by atoms with E-state index in [2.05, 4.69) is 25.3 Å². The molecule has 0 amide bonds. The summed E-state index contributed by atoms with van der Waals surface area (Å²) in [4.78, 5) is 26.6. The summed E-state index contributed by atoms with van der Waals surface area (Å²) >= 11 is 1.08. The zero-order valence-electron chi connectivity index (χ0n) is 10.7. The van der Waals surface area contributed by atoms with Gasteiger partial charge >= 0.3 is 5.69 Å². The van der Waals surface area contributed by atoms with E-state index in [0.717, 1.165) is 18.2 Å². The second-order valence-corrected chi connectivity index (χ2v) is 4.71. The van der Waals surface area contributed by atoms with Crippen LogP contribution in [0.4, 0.5) is 11.5 Å². The normalized spacial score (nSPS) is 10.2. The topological polar surface area (TPSA) is 107 Å². The first-order chi connectivity index (χ1) is 9.72. The second kappa shape index (κ2) is 6.75. The Bertz CT molecular complexity index is 595. The van der Waals surface area contributed by atoms with E-state index in [1.807, 2.05) is 6.92 Å². The van der Waals surface area contributed by atoms with Crippen LogP contribution in [-0.2, 0) is 0 Å². The van der Waals surface area contributed by atoms with Gasteiger partial charge in [0.2, 0.25) is 5.82 Å². The predicted molar refractivity (Wildman–Crippen MR) is 73.6 cm³/mol. The third-order valence-electron chi connectivity index (χ3n) is 2.25. The highest BCUT2D eigenvalue weighted by atomic mass is 32.2. The van der Waals surface area contributed by atoms with Gasteiger partial charge in [0.1, 0.15) is 11.4 Å². The molecule has 0 bridgehead atoms. The lowest BCUT2D eigenvalue weighted by atomic mass is 10.4. The Kier molecular flexibility index (Phi) is 4.77. The summed E-state index contributed by atoms with van der Waals surface area (Å²) in [7, 11) is 0. The van der Waals surface area contributed by atoms with Gasteiger partial charge in [-0.15, -0.1) is 0 Å². The average Bonchev–Trinajstić information content (AvgIpc) is 2.46. The first kappa shape index (κ1) is 14.1. The number of anilines is 1. The molecule has 9 heteroatoms. The molecule has 0 radical (unpaired) electrons. The Morgan fingerprint density at radius 3 is 2.85 bits per heavy atom. The van der Waals surface area contributed by atoms with E-state index in [1.54, 1.807) is 0 Å². The molecule has 20 heavy (non-hydrogen) atoms. The standard InChI is InChI=1S/C11H12N6O2S/c1-2-3-14-10-9(17(18)19)11(16-7-15-10)20-8-6-12-4-5-13-8/h4-7H,2-3H2,1H3,(H,14,15,16). The SMILES string of the molecule is CCCNc1ncnc(Sc2cnccn2)c1[N+](=O)[O-]. The Labute approximate surface area is 119 Å². The minimum Gasteiger partial charge on any atom is -0.364 e. The summed E-state index contributed by atoms with van der Waals surface area (Å²) in [6, 6.07) is 0. The molecule has 0 saturated carbocycles. The predicted octanol–water partition coefficient (Wildman–Crippen LogP) is 2.15. The molecule has 2 heterocycles. The summed E-state index contributed by atoms with van der Waals surface area (Å²) in [6.07, 6.45) is 6.71. The molecule has 0 aliphatic heterocycles. The minimum absolute atomic E-state index is 0.142. The maximum atomic E-state index is 11.2. The van der Waals surface area contributed by atoms with Crippen molar-refractivity contribution in [3.05, 3.63) is 35.0 Å². The largest absolute Gasteiger partial charge is 0.364 e. The third-order valence-corrected chi connectivity index (χ3v) is 3.17. The van der Waals surface area contributed by atoms with E-state index in [9.17, 15) is 10.1 Å². The summed E-state index contributed by atoms with van der Waals surface area (Å²) < 4.78 is 0. The highest BCUT2D eigenvalue weighted by Crippen LogP contribution is 2.35. The third kappa shape index (κ3) is 3.38. The van der Waals surface area contributed by atoms with Crippen molar-refractivity contribution in [2.45, 2.75) is 23.4 Å². The van der Waals surface area contributed by atoms with Crippen LogP contribution in [0.25, 0.3) is 0 Å². The minimum atomic E-state index is -0.489. The molecule has 2 rings (SSSR count). The number of aromatic nitrogens is 4. The summed E-state index contributed by atoms with van der Waals surface area (Å²) in [5.41, 5.74) is -0.142. The smallest absolute Gasteiger partial charge is 0.343 e. The number of hydrogen-bond donors (Lipinski definition) is 1. The van der Waals surface area contributed by atoms with E-state index in [-0.39, 0.29) is 16.5 Å². The van der Waals surface area contributed by atoms with Gasteiger partial charge in [0.25, 0.3) is 0 Å². The van der Waals surface area contributed by atoms with Crippen LogP contribution < -0.4 is 5.32 Å². The molecule has 2 aromatic rings. The van der Waals surface area contributed by atoms with Crippen LogP contribution >= 0.6 is 11.8 Å². The number of rotatable bonds is 6. The maximum Gasteiger partial charge on any atom is 0.343 e. The van der Waals surface area contributed by atoms with Crippen molar-refractivity contribution in [1.29, 1.82) is 0 Å². The van der Waals surface area contributed by atoms with Crippen LogP contribution in [0.15, 0.2) is 35.0 Å². The molecule has 0 aliphatic carbocycles. The fourth-order valence-corrected chi connectivity index (χ4v) is 2.20. The number of nitrogens with one attached hydrogen (secondary N) is 1. The molecule has 8 nitrogen and oxygen atoms in total. The van der Waals surface area contributed by atoms with Crippen molar-refractivity contribution in [3.63, 3.8) is 0 Å². The van der Waals surface area contributed by atoms with Crippen molar-refractivity contribution in [2.75, 3.05) is 11.9 Å². The first-order valence-electron chi connectivity index (χ1n) is 5.89. The van der Waals surface area contributed by atoms with E-state index in [4.69, 9.17) is 0 Å². The van der Waals surface area contributed by atoms with Gasteiger partial charge < -0.3 is 5.32 Å². The highest BCUT2D eigenvalue weighted by Gasteiger charge is 2.23. The van der Waals surface area contributed by atoms with Crippen molar-refractivity contribution < 1.29 is 4.92 Å². The van der Waals surface area contributed by atoms with Gasteiger partial charge in [0.05, 0.1) is 11.1 Å². The van der Waals surface area contributed by atoms with Crippen molar-refractivity contribution in [1.82, 2.24) is 19.9 Å². The molecule has 0 aliphatic rings. The zero-order valence-corrected chi connectivity index (χ0v) is 11.5. The van der Waals surface area contributed by atoms with Crippen molar-refractivity contribution in [2.24, 2.45) is 0 Å². The molecular weight excluding hydrogens is 280 g/mol. The fourth-order valence-electron chi connectivity index (χ4n) is 1.41. The van der Waals surface area contributed by atoms with Crippen LogP contribution in [0.3, 0.4) is 0 Å². The van der Waals surface area contributed by atoms with Gasteiger partial charge in [0, 0.05) is 18.9 Å². The highest BCUT2D eigenvalue weighted by molar-refractivity contribution is 7.99. The van der Waals surface area contributed by atoms with Crippen LogP contribution in [0.2, 0.25) is 0 Å². The molecule has 0 saturated heterocycles. The molecule has 2 aromatic heterocycles. The summed E-state index contributed by atoms with van der Waals surface area (Å²) in [5.74, 6) is 0.221. The van der Waals surface area contributed by atoms with Gasteiger partial charge in [-0.3, -0.25) is 15.1 Å². The van der Waals surface area contributed by atoms with Crippen LogP contribution in [0.5, 0.6) is 0 Å². The van der Waals surface area contributed by atoms with Crippen molar-refractivity contribution >= 4 is 23.3 Å². The van der Waals surface area contributed by atoms with Crippen molar-refractivity contribution in [3.8, 4) is 0 Å². The molecule has 0 fully saturated rings. The molecule has 0 unspecified atom stereocenters. The fraction of sp³-hybridized carbons (Fsp3) is 0.273. The maximum absolute atomic E-state index is 11.2. The van der Waals surface area contributed by atoms with E-state index < -0.39 is 4.92 Å². The monoisotopic (exact) mass is 292 g/mol. The molecule has 0 spiro atoms. The van der Waals surface area contributed by atoms with Gasteiger partial charge in [-0.25, -0.2) is 15.0 Å². The number of nitrogens with zero attached hydrogens (tertiary/aromatic N) is 5. The van der Waals surface area contributed by atoms with E-state index >= 15 is 0 Å². The lowest BCUT2D eigenvalue weighted by Crippen LogP contribution is -2.07. The van der Waals surface area contributed by atoms with Crippen LogP contribution in [0, 0.1) is 10.1 Å². The molecule has 0 aromatic carbocycles. The Hall–Kier alpha value is -2.29. The van der Waals surface area contributed by atoms with Gasteiger partial charge in [-0.1, -0.05) is 6.92 Å². The van der Waals surface area contributed by atoms with Crippen LogP contribution in [0.1, 0.15) is 13.3 Å². The van der Waals surface area contributed by atoms with Gasteiger partial charge in [-0.2, -0.15) is 0 Å². The van der Waals surface area contributed by atoms with Crippen LogP contribution in [-0.4, -0.2) is 31.4 Å². The number of hydrogen-bond acceptors (Lipinski definition) is 8. The Morgan fingerprint density at radius 1 is 1.35 bits per heavy atom. The summed E-state index contributed by atoms with van der Waals surface area (Å²) in [5, 5.41) is 14.9. The molecular formula is C11H12N6O2S. The van der Waals surface area contributed by atoms with E-state index in [0.29, 0.717) is 11.6 Å². The molecule has 1 N–H and O–H groups in total. The average molecular weight is 292 g/mol. The second-order valence-electron chi connectivity index (χ2n) is 3.71. The Morgan fingerprint density at radius 2 is 2.20 bits per heavy atom. The first-order valence-corrected chi connectivity index (χ1v) is 6.71. The van der Waals surface area contributed by atoms with Gasteiger partial charge in [-0.05, 0) is 18.2 Å². The lowest BCUT2D eigenvalue weighted by molar-refractivity contribution is -0.387. The number of nitro groups is 1. The summed E-state index contributed by atoms with van der Waals surface area (Å²) in [6.45, 7) is 2.57. The molecule has 0 atom stereocenters. The zero-order chi connectivity index (χ0) is 14.4. The quantitative estimate of drug-likeness (QED) is 0.490. The Balaban J connectivity index is 2.34. The molecule has 104 valence electrons.